The largest absolute Gasteiger partial charge is 0.322 e. The van der Waals surface area contributed by atoms with Gasteiger partial charge in [-0.25, -0.2) is 8.42 Å². The van der Waals surface area contributed by atoms with Crippen LogP contribution in [0.3, 0.4) is 0 Å². The highest BCUT2D eigenvalue weighted by Gasteiger charge is 2.33. The van der Waals surface area contributed by atoms with Crippen LogP contribution < -0.4 is 5.32 Å². The highest BCUT2D eigenvalue weighted by atomic mass is 32.2. The molecule has 1 fully saturated rings. The van der Waals surface area contributed by atoms with Crippen LogP contribution in [0.5, 0.6) is 0 Å². The highest BCUT2D eigenvalue weighted by Crippen LogP contribution is 2.26. The minimum atomic E-state index is -3.58. The molecule has 9 heteroatoms. The van der Waals surface area contributed by atoms with Crippen molar-refractivity contribution in [3.63, 3.8) is 0 Å². The number of hydrogen-bond donors (Lipinski definition) is 1. The first-order valence-electron chi connectivity index (χ1n) is 10.1. The fraction of sp³-hybridized carbons (Fsp3) is 0.318. The molecule has 0 unspecified atom stereocenters. The van der Waals surface area contributed by atoms with Gasteiger partial charge >= 0.3 is 0 Å². The molecule has 2 aliphatic rings. The Balaban J connectivity index is 1.48. The smallest absolute Gasteiger partial charge is 0.261 e. The lowest BCUT2D eigenvalue weighted by atomic mass is 10.0. The number of carbonyl (C=O) groups excluding carboxylic acids is 3. The van der Waals surface area contributed by atoms with Crippen LogP contribution in [-0.2, 0) is 10.0 Å². The number of benzene rings is 2. The predicted octanol–water partition coefficient (Wildman–Crippen LogP) is 2.59. The van der Waals surface area contributed by atoms with E-state index in [9.17, 15) is 22.8 Å². The zero-order valence-electron chi connectivity index (χ0n) is 17.3. The Labute approximate surface area is 180 Å². The lowest BCUT2D eigenvalue weighted by Gasteiger charge is -2.29. The number of rotatable bonds is 4. The second kappa shape index (κ2) is 7.90. The van der Waals surface area contributed by atoms with Gasteiger partial charge in [0.1, 0.15) is 0 Å². The Morgan fingerprint density at radius 1 is 0.968 bits per heavy atom. The molecule has 31 heavy (non-hydrogen) atoms. The van der Waals surface area contributed by atoms with Crippen molar-refractivity contribution in [1.29, 1.82) is 0 Å². The molecule has 0 aliphatic carbocycles. The van der Waals surface area contributed by atoms with E-state index in [2.05, 4.69) is 12.2 Å². The number of anilines is 1. The average molecular weight is 442 g/mol. The number of piperidine rings is 1. The third-order valence-corrected chi connectivity index (χ3v) is 7.76. The molecule has 0 saturated carbocycles. The van der Waals surface area contributed by atoms with Crippen LogP contribution in [-0.4, -0.2) is 55.5 Å². The molecule has 1 saturated heterocycles. The molecular weight excluding hydrogens is 418 g/mol. The van der Waals surface area contributed by atoms with Crippen molar-refractivity contribution >= 4 is 33.4 Å². The molecule has 0 spiro atoms. The van der Waals surface area contributed by atoms with Gasteiger partial charge in [0.15, 0.2) is 0 Å². The molecule has 162 valence electrons. The van der Waals surface area contributed by atoms with Crippen molar-refractivity contribution in [2.45, 2.75) is 24.7 Å². The van der Waals surface area contributed by atoms with Gasteiger partial charge in [-0.15, -0.1) is 0 Å². The maximum atomic E-state index is 12.8. The van der Waals surface area contributed by atoms with E-state index in [0.717, 1.165) is 17.7 Å². The van der Waals surface area contributed by atoms with Crippen molar-refractivity contribution in [3.8, 4) is 0 Å². The van der Waals surface area contributed by atoms with Crippen molar-refractivity contribution in [2.75, 3.05) is 25.5 Å². The zero-order valence-corrected chi connectivity index (χ0v) is 18.1. The first kappa shape index (κ1) is 21.2. The summed E-state index contributed by atoms with van der Waals surface area (Å²) < 4.78 is 27.1. The maximum Gasteiger partial charge on any atom is 0.261 e. The van der Waals surface area contributed by atoms with Gasteiger partial charge in [-0.3, -0.25) is 19.3 Å². The Kier molecular flexibility index (Phi) is 5.40. The molecule has 0 radical (unpaired) electrons. The van der Waals surface area contributed by atoms with Crippen LogP contribution in [0, 0.1) is 5.92 Å². The molecule has 2 aliphatic heterocycles. The second-order valence-corrected chi connectivity index (χ2v) is 9.93. The van der Waals surface area contributed by atoms with Crippen molar-refractivity contribution < 1.29 is 22.8 Å². The summed E-state index contributed by atoms with van der Waals surface area (Å²) in [4.78, 5) is 37.9. The van der Waals surface area contributed by atoms with E-state index in [0.29, 0.717) is 30.3 Å². The Bertz CT molecular complexity index is 1170. The van der Waals surface area contributed by atoms with Crippen LogP contribution in [0.2, 0.25) is 0 Å². The van der Waals surface area contributed by atoms with Crippen molar-refractivity contribution in [1.82, 2.24) is 9.21 Å². The molecule has 0 atom stereocenters. The van der Waals surface area contributed by atoms with E-state index in [1.165, 1.54) is 47.8 Å². The van der Waals surface area contributed by atoms with Gasteiger partial charge in [-0.1, -0.05) is 6.92 Å². The summed E-state index contributed by atoms with van der Waals surface area (Å²) in [7, 11) is -2.18. The molecule has 2 aromatic carbocycles. The van der Waals surface area contributed by atoms with Crippen LogP contribution >= 0.6 is 0 Å². The summed E-state index contributed by atoms with van der Waals surface area (Å²) >= 11 is 0. The molecule has 2 aromatic rings. The van der Waals surface area contributed by atoms with Gasteiger partial charge in [0.25, 0.3) is 17.7 Å². The zero-order chi connectivity index (χ0) is 22.3. The fourth-order valence-electron chi connectivity index (χ4n) is 3.79. The van der Waals surface area contributed by atoms with Crippen molar-refractivity contribution in [3.05, 3.63) is 59.2 Å². The number of nitrogens with zero attached hydrogens (tertiary/aromatic N) is 2. The number of hydrogen-bond acceptors (Lipinski definition) is 5. The lowest BCUT2D eigenvalue weighted by Crippen LogP contribution is -2.37. The molecule has 3 amide bonds. The number of amides is 3. The summed E-state index contributed by atoms with van der Waals surface area (Å²) in [5.74, 6) is -0.720. The molecular formula is C22H23N3O5S. The van der Waals surface area contributed by atoms with E-state index in [1.807, 2.05) is 0 Å². The standard InChI is InChI=1S/C22H23N3O5S/c1-14-9-11-25(12-10-14)31(29,30)17-6-3-15(4-7-17)20(26)23-16-5-8-18-19(13-16)22(28)24(2)21(18)27/h3-8,13-14H,9-12H2,1-2H3,(H,23,26). The normalized spacial score (nSPS) is 17.7. The fourth-order valence-corrected chi connectivity index (χ4v) is 5.26. The van der Waals surface area contributed by atoms with Gasteiger partial charge < -0.3 is 5.32 Å². The van der Waals surface area contributed by atoms with E-state index in [1.54, 1.807) is 6.07 Å². The third-order valence-electron chi connectivity index (χ3n) is 5.84. The minimum Gasteiger partial charge on any atom is -0.322 e. The number of nitrogens with one attached hydrogen (secondary N) is 1. The van der Waals surface area contributed by atoms with Crippen molar-refractivity contribution in [2.24, 2.45) is 5.92 Å². The lowest BCUT2D eigenvalue weighted by molar-refractivity contribution is 0.0692. The van der Waals surface area contributed by atoms with Gasteiger partial charge in [0.05, 0.1) is 16.0 Å². The number of sulfonamides is 1. The summed E-state index contributed by atoms with van der Waals surface area (Å²) in [5.41, 5.74) is 1.19. The van der Waals surface area contributed by atoms with E-state index in [-0.39, 0.29) is 21.9 Å². The van der Waals surface area contributed by atoms with Gasteiger partial charge in [-0.2, -0.15) is 4.31 Å². The predicted molar refractivity (Wildman–Crippen MR) is 114 cm³/mol. The van der Waals surface area contributed by atoms with Crippen LogP contribution in [0.25, 0.3) is 0 Å². The first-order chi connectivity index (χ1) is 14.7. The minimum absolute atomic E-state index is 0.156. The Hall–Kier alpha value is -3.04. The maximum absolute atomic E-state index is 12.8. The Morgan fingerprint density at radius 2 is 1.58 bits per heavy atom. The molecule has 0 aromatic heterocycles. The van der Waals surface area contributed by atoms with Gasteiger partial charge in [0, 0.05) is 31.4 Å². The molecule has 0 bridgehead atoms. The summed E-state index contributed by atoms with van der Waals surface area (Å²) in [5, 5.41) is 2.68. The van der Waals surface area contributed by atoms with Crippen LogP contribution in [0.4, 0.5) is 5.69 Å². The highest BCUT2D eigenvalue weighted by molar-refractivity contribution is 7.89. The third kappa shape index (κ3) is 3.86. The molecule has 2 heterocycles. The van der Waals surface area contributed by atoms with Crippen LogP contribution in [0.1, 0.15) is 50.8 Å². The van der Waals surface area contributed by atoms with Crippen LogP contribution in [0.15, 0.2) is 47.4 Å². The average Bonchev–Trinajstić information content (AvgIpc) is 2.98. The molecule has 8 nitrogen and oxygen atoms in total. The van der Waals surface area contributed by atoms with E-state index in [4.69, 9.17) is 0 Å². The quantitative estimate of drug-likeness (QED) is 0.735. The first-order valence-corrected chi connectivity index (χ1v) is 11.5. The number of fused-ring (bicyclic) bond motifs is 1. The number of imide groups is 1. The van der Waals surface area contributed by atoms with Gasteiger partial charge in [0.2, 0.25) is 10.0 Å². The number of carbonyl (C=O) groups is 3. The molecule has 4 rings (SSSR count). The summed E-state index contributed by atoms with van der Waals surface area (Å²) in [6.07, 6.45) is 1.68. The van der Waals surface area contributed by atoms with E-state index < -0.39 is 21.8 Å². The SMILES string of the molecule is CC1CCN(S(=O)(=O)c2ccc(C(=O)Nc3ccc4c(c3)C(=O)N(C)C4=O)cc2)CC1. The Morgan fingerprint density at radius 3 is 2.23 bits per heavy atom. The second-order valence-electron chi connectivity index (χ2n) is 7.99. The topological polar surface area (TPSA) is 104 Å². The summed E-state index contributed by atoms with van der Waals surface area (Å²) in [6.45, 7) is 3.12. The monoisotopic (exact) mass is 441 g/mol. The van der Waals surface area contributed by atoms with Gasteiger partial charge in [-0.05, 0) is 61.2 Å². The molecule has 1 N–H and O–H groups in total. The van der Waals surface area contributed by atoms with E-state index >= 15 is 0 Å². The summed E-state index contributed by atoms with van der Waals surface area (Å²) in [6, 6.07) is 10.3.